The number of rotatable bonds is 3. The largest absolute Gasteiger partial charge is 0.393 e. The van der Waals surface area contributed by atoms with Gasteiger partial charge < -0.3 is 10.4 Å². The van der Waals surface area contributed by atoms with Gasteiger partial charge in [-0.2, -0.15) is 5.10 Å². The third-order valence-corrected chi connectivity index (χ3v) is 3.73. The van der Waals surface area contributed by atoms with Gasteiger partial charge in [0.1, 0.15) is 0 Å². The van der Waals surface area contributed by atoms with Gasteiger partial charge in [-0.25, -0.2) is 0 Å². The highest BCUT2D eigenvalue weighted by Crippen LogP contribution is 2.18. The van der Waals surface area contributed by atoms with E-state index >= 15 is 0 Å². The number of aliphatic hydroxyl groups is 1. The van der Waals surface area contributed by atoms with Crippen molar-refractivity contribution in [2.75, 3.05) is 0 Å². The van der Waals surface area contributed by atoms with E-state index in [0.29, 0.717) is 0 Å². The average Bonchev–Trinajstić information content (AvgIpc) is 2.70. The Morgan fingerprint density at radius 1 is 1.47 bits per heavy atom. The molecule has 5 nitrogen and oxygen atoms in total. The second-order valence-corrected chi connectivity index (χ2v) is 5.16. The molecule has 1 aliphatic rings. The fourth-order valence-corrected chi connectivity index (χ4v) is 2.31. The maximum Gasteiger partial charge on any atom is 0.244 e. The van der Waals surface area contributed by atoms with E-state index < -0.39 is 0 Å². The topological polar surface area (TPSA) is 67.2 Å². The second kappa shape index (κ2) is 6.02. The quantitative estimate of drug-likeness (QED) is 0.804. The van der Waals surface area contributed by atoms with Gasteiger partial charge in [0.2, 0.25) is 5.91 Å². The molecule has 0 aromatic carbocycles. The zero-order valence-electron chi connectivity index (χ0n) is 11.5. The molecule has 1 aromatic heterocycles. The van der Waals surface area contributed by atoms with Crippen LogP contribution in [0.1, 0.15) is 36.9 Å². The summed E-state index contributed by atoms with van der Waals surface area (Å²) in [4.78, 5) is 11.8. The van der Waals surface area contributed by atoms with Gasteiger partial charge in [0.25, 0.3) is 0 Å². The number of amides is 1. The Hall–Kier alpha value is -1.62. The third-order valence-electron chi connectivity index (χ3n) is 3.73. The van der Waals surface area contributed by atoms with Crippen LogP contribution < -0.4 is 5.32 Å². The van der Waals surface area contributed by atoms with E-state index in [2.05, 4.69) is 10.4 Å². The van der Waals surface area contributed by atoms with Crippen LogP contribution in [0, 0.1) is 6.92 Å². The molecule has 0 aliphatic heterocycles. The fourth-order valence-electron chi connectivity index (χ4n) is 2.31. The number of hydrogen-bond donors (Lipinski definition) is 2. The molecule has 0 spiro atoms. The zero-order valence-corrected chi connectivity index (χ0v) is 11.5. The first-order valence-corrected chi connectivity index (χ1v) is 6.71. The smallest absolute Gasteiger partial charge is 0.244 e. The molecule has 1 heterocycles. The molecule has 1 aliphatic carbocycles. The van der Waals surface area contributed by atoms with E-state index in [1.165, 1.54) is 0 Å². The molecule has 104 valence electrons. The van der Waals surface area contributed by atoms with Crippen LogP contribution in [0.15, 0.2) is 12.3 Å². The molecule has 5 heteroatoms. The number of aromatic nitrogens is 2. The Morgan fingerprint density at radius 3 is 2.74 bits per heavy atom. The van der Waals surface area contributed by atoms with Crippen molar-refractivity contribution in [3.8, 4) is 0 Å². The number of aliphatic hydroxyl groups excluding tert-OH is 1. The minimum atomic E-state index is -0.193. The normalized spacial score (nSPS) is 23.7. The van der Waals surface area contributed by atoms with Gasteiger partial charge >= 0.3 is 0 Å². The summed E-state index contributed by atoms with van der Waals surface area (Å²) in [6.07, 6.45) is 8.15. The molecule has 1 amide bonds. The van der Waals surface area contributed by atoms with Crippen LogP contribution in [0.2, 0.25) is 0 Å². The summed E-state index contributed by atoms with van der Waals surface area (Å²) in [5.41, 5.74) is 1.99. The van der Waals surface area contributed by atoms with Crippen molar-refractivity contribution in [2.24, 2.45) is 7.05 Å². The Labute approximate surface area is 113 Å². The van der Waals surface area contributed by atoms with Gasteiger partial charge in [0, 0.05) is 30.4 Å². The average molecular weight is 263 g/mol. The van der Waals surface area contributed by atoms with Gasteiger partial charge in [-0.1, -0.05) is 0 Å². The van der Waals surface area contributed by atoms with Crippen LogP contribution in [0.25, 0.3) is 6.08 Å². The van der Waals surface area contributed by atoms with Crippen LogP contribution in [-0.2, 0) is 11.8 Å². The summed E-state index contributed by atoms with van der Waals surface area (Å²) in [5.74, 6) is -0.0790. The lowest BCUT2D eigenvalue weighted by molar-refractivity contribution is -0.117. The predicted molar refractivity (Wildman–Crippen MR) is 73.4 cm³/mol. The van der Waals surface area contributed by atoms with Crippen molar-refractivity contribution >= 4 is 12.0 Å². The van der Waals surface area contributed by atoms with E-state index in [9.17, 15) is 9.90 Å². The molecule has 0 unspecified atom stereocenters. The Kier molecular flexibility index (Phi) is 4.37. The molecule has 1 aromatic rings. The molecule has 0 bridgehead atoms. The van der Waals surface area contributed by atoms with Crippen molar-refractivity contribution in [1.82, 2.24) is 15.1 Å². The molecular weight excluding hydrogens is 242 g/mol. The van der Waals surface area contributed by atoms with Gasteiger partial charge in [-0.05, 0) is 38.7 Å². The summed E-state index contributed by atoms with van der Waals surface area (Å²) in [6.45, 7) is 1.97. The molecule has 19 heavy (non-hydrogen) atoms. The molecule has 1 saturated carbocycles. The summed E-state index contributed by atoms with van der Waals surface area (Å²) < 4.78 is 1.78. The van der Waals surface area contributed by atoms with Gasteiger partial charge in [0.05, 0.1) is 12.3 Å². The molecule has 2 rings (SSSR count). The number of carbonyl (C=O) groups is 1. The number of nitrogens with one attached hydrogen (secondary N) is 1. The van der Waals surface area contributed by atoms with Crippen LogP contribution in [0.3, 0.4) is 0 Å². The zero-order chi connectivity index (χ0) is 13.8. The minimum absolute atomic E-state index is 0.0790. The van der Waals surface area contributed by atoms with Gasteiger partial charge in [0.15, 0.2) is 0 Å². The predicted octanol–water partition coefficient (Wildman–Crippen LogP) is 1.16. The monoisotopic (exact) mass is 263 g/mol. The summed E-state index contributed by atoms with van der Waals surface area (Å²) in [6, 6.07) is 0.190. The fraction of sp³-hybridized carbons (Fsp3) is 0.571. The summed E-state index contributed by atoms with van der Waals surface area (Å²) >= 11 is 0. The Balaban J connectivity index is 1.86. The first-order chi connectivity index (χ1) is 9.06. The second-order valence-electron chi connectivity index (χ2n) is 5.16. The van der Waals surface area contributed by atoms with Crippen molar-refractivity contribution in [3.05, 3.63) is 23.5 Å². The maximum atomic E-state index is 11.8. The lowest BCUT2D eigenvalue weighted by Crippen LogP contribution is -2.37. The van der Waals surface area contributed by atoms with Crippen LogP contribution in [0.4, 0.5) is 0 Å². The highest BCUT2D eigenvalue weighted by atomic mass is 16.3. The minimum Gasteiger partial charge on any atom is -0.393 e. The van der Waals surface area contributed by atoms with Crippen molar-refractivity contribution in [2.45, 2.75) is 44.8 Å². The SMILES string of the molecule is Cc1c(/C=C/C(=O)NC2CCC(O)CC2)cnn1C. The van der Waals surface area contributed by atoms with Crippen LogP contribution in [0.5, 0.6) is 0 Å². The molecule has 2 N–H and O–H groups in total. The number of nitrogens with zero attached hydrogens (tertiary/aromatic N) is 2. The lowest BCUT2D eigenvalue weighted by atomic mass is 9.93. The maximum absolute atomic E-state index is 11.8. The highest BCUT2D eigenvalue weighted by molar-refractivity contribution is 5.92. The van der Waals surface area contributed by atoms with Crippen LogP contribution >= 0.6 is 0 Å². The summed E-state index contributed by atoms with van der Waals surface area (Å²) in [7, 11) is 1.88. The van der Waals surface area contributed by atoms with Crippen LogP contribution in [-0.4, -0.2) is 32.9 Å². The Bertz CT molecular complexity index is 471. The van der Waals surface area contributed by atoms with Gasteiger partial charge in [-0.15, -0.1) is 0 Å². The number of hydrogen-bond acceptors (Lipinski definition) is 3. The van der Waals surface area contributed by atoms with E-state index in [1.807, 2.05) is 14.0 Å². The van der Waals surface area contributed by atoms with Crippen molar-refractivity contribution in [3.63, 3.8) is 0 Å². The standard InChI is InChI=1S/C14H21N3O2/c1-10-11(9-15-17(10)2)3-8-14(19)16-12-4-6-13(18)7-5-12/h3,8-9,12-13,18H,4-7H2,1-2H3,(H,16,19)/b8-3+. The van der Waals surface area contributed by atoms with E-state index in [1.54, 1.807) is 23.0 Å². The molecular formula is C14H21N3O2. The van der Waals surface area contributed by atoms with Crippen molar-refractivity contribution < 1.29 is 9.90 Å². The van der Waals surface area contributed by atoms with E-state index in [0.717, 1.165) is 36.9 Å². The van der Waals surface area contributed by atoms with Gasteiger partial charge in [-0.3, -0.25) is 9.48 Å². The first kappa shape index (κ1) is 13.8. The molecule has 0 radical (unpaired) electrons. The lowest BCUT2D eigenvalue weighted by Gasteiger charge is -2.25. The number of aryl methyl sites for hydroxylation is 1. The Morgan fingerprint density at radius 2 is 2.16 bits per heavy atom. The molecule has 0 saturated heterocycles. The molecule has 0 atom stereocenters. The van der Waals surface area contributed by atoms with E-state index in [4.69, 9.17) is 0 Å². The third kappa shape index (κ3) is 3.67. The molecule has 1 fully saturated rings. The first-order valence-electron chi connectivity index (χ1n) is 6.71. The summed E-state index contributed by atoms with van der Waals surface area (Å²) in [5, 5.41) is 16.5. The van der Waals surface area contributed by atoms with Crippen molar-refractivity contribution in [1.29, 1.82) is 0 Å². The highest BCUT2D eigenvalue weighted by Gasteiger charge is 2.19. The van der Waals surface area contributed by atoms with E-state index in [-0.39, 0.29) is 18.1 Å². The number of carbonyl (C=O) groups excluding carboxylic acids is 1.